The fourth-order valence-corrected chi connectivity index (χ4v) is 6.09. The second kappa shape index (κ2) is 10.3. The number of aryl methyl sites for hydroxylation is 2. The summed E-state index contributed by atoms with van der Waals surface area (Å²) in [6.45, 7) is 17.7. The van der Waals surface area contributed by atoms with Crippen LogP contribution in [0.4, 0.5) is 0 Å². The van der Waals surface area contributed by atoms with Crippen molar-refractivity contribution in [3.05, 3.63) is 120 Å². The van der Waals surface area contributed by atoms with Crippen molar-refractivity contribution in [2.45, 2.75) is 66.2 Å². The molecule has 0 radical (unpaired) electrons. The van der Waals surface area contributed by atoms with Gasteiger partial charge in [-0.25, -0.2) is 9.97 Å². The van der Waals surface area contributed by atoms with Crippen molar-refractivity contribution in [1.82, 2.24) is 19.1 Å². The molecule has 45 heavy (non-hydrogen) atoms. The number of fused-ring (bicyclic) bond motifs is 4. The smallest absolute Gasteiger partial charge is 0.137 e. The normalized spacial score (nSPS) is 12.4. The van der Waals surface area contributed by atoms with Crippen molar-refractivity contribution in [2.75, 3.05) is 0 Å². The van der Waals surface area contributed by atoms with E-state index in [0.717, 1.165) is 45.1 Å². The van der Waals surface area contributed by atoms with E-state index >= 15 is 0 Å². The summed E-state index contributed by atoms with van der Waals surface area (Å²) in [5, 5.41) is 2.36. The monoisotopic (exact) mass is 592 g/mol. The minimum Gasteiger partial charge on any atom is -0.457 e. The molecule has 0 saturated heterocycles. The molecule has 0 unspecified atom stereocenters. The molecular formula is C40H40N4O. The summed E-state index contributed by atoms with van der Waals surface area (Å²) in [4.78, 5) is 9.57. The molecule has 0 saturated carbocycles. The maximum Gasteiger partial charge on any atom is 0.137 e. The Morgan fingerprint density at radius 1 is 0.600 bits per heavy atom. The van der Waals surface area contributed by atoms with Gasteiger partial charge in [-0.3, -0.25) is 9.13 Å². The number of hydrogen-bond acceptors (Lipinski definition) is 3. The quantitative estimate of drug-likeness (QED) is 0.204. The van der Waals surface area contributed by atoms with E-state index in [1.165, 1.54) is 33.0 Å². The Morgan fingerprint density at radius 2 is 1.33 bits per heavy atom. The lowest BCUT2D eigenvalue weighted by Crippen LogP contribution is -2.12. The van der Waals surface area contributed by atoms with E-state index in [9.17, 15) is 0 Å². The zero-order valence-corrected chi connectivity index (χ0v) is 27.4. The first-order valence-corrected chi connectivity index (χ1v) is 15.6. The molecule has 226 valence electrons. The van der Waals surface area contributed by atoms with Gasteiger partial charge in [0.05, 0.1) is 27.8 Å². The first-order chi connectivity index (χ1) is 21.4. The average molecular weight is 593 g/mol. The summed E-state index contributed by atoms with van der Waals surface area (Å²) >= 11 is 0. The lowest BCUT2D eigenvalue weighted by Gasteiger charge is -2.22. The van der Waals surface area contributed by atoms with Crippen molar-refractivity contribution >= 4 is 32.8 Å². The minimum atomic E-state index is -0.0723. The summed E-state index contributed by atoms with van der Waals surface area (Å²) in [6.07, 6.45) is 3.83. The molecule has 5 nitrogen and oxygen atoms in total. The van der Waals surface area contributed by atoms with Crippen LogP contribution in [0.3, 0.4) is 0 Å². The van der Waals surface area contributed by atoms with Crippen LogP contribution >= 0.6 is 0 Å². The van der Waals surface area contributed by atoms with Gasteiger partial charge in [-0.2, -0.15) is 0 Å². The SMILES string of the molecule is Cc1cc2ncn(-c3cc(Oc4ccc5c6ccccc6n(-c6cc(C(C)(C)C)ccn6)c5c4)cc(C(C)(C)C)c3)c2cc1C. The van der Waals surface area contributed by atoms with E-state index in [4.69, 9.17) is 14.7 Å². The van der Waals surface area contributed by atoms with Crippen LogP contribution < -0.4 is 4.74 Å². The van der Waals surface area contributed by atoms with Gasteiger partial charge in [-0.05, 0) is 102 Å². The third-order valence-electron chi connectivity index (χ3n) is 8.92. The summed E-state index contributed by atoms with van der Waals surface area (Å²) < 4.78 is 11.1. The number of para-hydroxylation sites is 1. The highest BCUT2D eigenvalue weighted by Gasteiger charge is 2.20. The summed E-state index contributed by atoms with van der Waals surface area (Å²) in [5.41, 5.74) is 10.2. The fraction of sp³-hybridized carbons (Fsp3) is 0.250. The molecule has 7 aromatic rings. The number of ether oxygens (including phenoxy) is 1. The molecule has 0 aliphatic carbocycles. The molecule has 0 fully saturated rings. The Balaban J connectivity index is 1.37. The number of nitrogens with zero attached hydrogens (tertiary/aromatic N) is 4. The van der Waals surface area contributed by atoms with Gasteiger partial charge < -0.3 is 4.74 Å². The van der Waals surface area contributed by atoms with Crippen LogP contribution in [0, 0.1) is 13.8 Å². The van der Waals surface area contributed by atoms with Crippen molar-refractivity contribution in [3.8, 4) is 23.0 Å². The van der Waals surface area contributed by atoms with Crippen LogP contribution in [0.1, 0.15) is 63.8 Å². The van der Waals surface area contributed by atoms with Crippen molar-refractivity contribution in [3.63, 3.8) is 0 Å². The summed E-state index contributed by atoms with van der Waals surface area (Å²) in [7, 11) is 0. The molecule has 0 aliphatic heterocycles. The van der Waals surface area contributed by atoms with Gasteiger partial charge in [0.1, 0.15) is 23.6 Å². The zero-order chi connectivity index (χ0) is 31.7. The molecule has 3 heterocycles. The molecule has 0 amide bonds. The molecule has 4 aromatic carbocycles. The topological polar surface area (TPSA) is 44.9 Å². The van der Waals surface area contributed by atoms with Gasteiger partial charge in [-0.1, -0.05) is 59.7 Å². The zero-order valence-electron chi connectivity index (χ0n) is 27.4. The van der Waals surface area contributed by atoms with E-state index in [-0.39, 0.29) is 10.8 Å². The molecule has 0 atom stereocenters. The van der Waals surface area contributed by atoms with Gasteiger partial charge in [0, 0.05) is 29.1 Å². The van der Waals surface area contributed by atoms with E-state index in [0.29, 0.717) is 0 Å². The number of rotatable bonds is 4. The number of benzene rings is 4. The number of aromatic nitrogens is 4. The molecule has 0 N–H and O–H groups in total. The predicted molar refractivity (Wildman–Crippen MR) is 187 cm³/mol. The van der Waals surface area contributed by atoms with E-state index < -0.39 is 0 Å². The van der Waals surface area contributed by atoms with E-state index in [1.54, 1.807) is 0 Å². The third kappa shape index (κ3) is 5.16. The molecule has 0 spiro atoms. The highest BCUT2D eigenvalue weighted by atomic mass is 16.5. The fourth-order valence-electron chi connectivity index (χ4n) is 6.09. The second-order valence-electron chi connectivity index (χ2n) is 14.3. The Kier molecular flexibility index (Phi) is 6.63. The van der Waals surface area contributed by atoms with Crippen LogP contribution in [-0.4, -0.2) is 19.1 Å². The molecule has 3 aromatic heterocycles. The highest BCUT2D eigenvalue weighted by molar-refractivity contribution is 6.09. The Bertz CT molecular complexity index is 2240. The van der Waals surface area contributed by atoms with Crippen LogP contribution in [0.25, 0.3) is 44.3 Å². The second-order valence-corrected chi connectivity index (χ2v) is 14.3. The van der Waals surface area contributed by atoms with E-state index in [2.05, 4.69) is 149 Å². The maximum absolute atomic E-state index is 6.71. The van der Waals surface area contributed by atoms with Gasteiger partial charge in [0.15, 0.2) is 0 Å². The molecule has 0 aliphatic rings. The standard InChI is InChI=1S/C40H40N4O/c1-25-17-34-37(18-26(25)2)43(24-42-34)29-19-28(40(6,7)8)20-31(22-29)45-30-13-14-33-32-11-9-10-12-35(32)44(36(33)23-30)38-21-27(15-16-41-38)39(3,4)5/h9-24H,1-8H3. The van der Waals surface area contributed by atoms with Gasteiger partial charge >= 0.3 is 0 Å². The number of pyridine rings is 1. The summed E-state index contributed by atoms with van der Waals surface area (Å²) in [6, 6.07) is 30.1. The van der Waals surface area contributed by atoms with Crippen LogP contribution in [0.5, 0.6) is 11.5 Å². The highest BCUT2D eigenvalue weighted by Crippen LogP contribution is 2.37. The van der Waals surface area contributed by atoms with Crippen LogP contribution in [0.15, 0.2) is 97.5 Å². The van der Waals surface area contributed by atoms with Crippen molar-refractivity contribution in [1.29, 1.82) is 0 Å². The molecular weight excluding hydrogens is 552 g/mol. The van der Waals surface area contributed by atoms with Crippen molar-refractivity contribution < 1.29 is 4.74 Å². The number of imidazole rings is 1. The van der Waals surface area contributed by atoms with Crippen LogP contribution in [-0.2, 0) is 10.8 Å². The predicted octanol–water partition coefficient (Wildman–Crippen LogP) is 10.5. The lowest BCUT2D eigenvalue weighted by molar-refractivity contribution is 0.479. The third-order valence-corrected chi connectivity index (χ3v) is 8.92. The van der Waals surface area contributed by atoms with Crippen molar-refractivity contribution in [2.24, 2.45) is 0 Å². The average Bonchev–Trinajstić information content (AvgIpc) is 3.54. The van der Waals surface area contributed by atoms with Gasteiger partial charge in [0.2, 0.25) is 0 Å². The molecule has 5 heteroatoms. The van der Waals surface area contributed by atoms with E-state index in [1.807, 2.05) is 12.5 Å². The lowest BCUT2D eigenvalue weighted by atomic mass is 9.86. The Labute approximate surface area is 265 Å². The van der Waals surface area contributed by atoms with Gasteiger partial charge in [-0.15, -0.1) is 0 Å². The largest absolute Gasteiger partial charge is 0.457 e. The Morgan fingerprint density at radius 3 is 2.11 bits per heavy atom. The molecule has 0 bridgehead atoms. The molecule has 7 rings (SSSR count). The first kappa shape index (κ1) is 28.8. The number of hydrogen-bond donors (Lipinski definition) is 0. The Hall–Kier alpha value is -4.90. The maximum atomic E-state index is 6.71. The van der Waals surface area contributed by atoms with Crippen LogP contribution in [0.2, 0.25) is 0 Å². The summed E-state index contributed by atoms with van der Waals surface area (Å²) in [5.74, 6) is 2.47. The van der Waals surface area contributed by atoms with Gasteiger partial charge in [0.25, 0.3) is 0 Å². The first-order valence-electron chi connectivity index (χ1n) is 15.6. The minimum absolute atomic E-state index is 0.0125.